The molecule has 0 amide bonds. The minimum absolute atomic E-state index is 0.0870. The standard InChI is InChI=1S/C27H48O2/c1-2-3-6-12-23-18-21-27(22-19-23,24-13-7-4-8-14-24)20-11-17-26(28)29-25-15-9-5-10-16-25/h23-25H,2-22H2,1H3/t23-,27+. The number of carbonyl (C=O) groups excluding carboxylic acids is 1. The van der Waals surface area contributed by atoms with Crippen LogP contribution < -0.4 is 0 Å². The summed E-state index contributed by atoms with van der Waals surface area (Å²) >= 11 is 0. The van der Waals surface area contributed by atoms with Gasteiger partial charge in [-0.2, -0.15) is 0 Å². The van der Waals surface area contributed by atoms with Crippen molar-refractivity contribution in [3.05, 3.63) is 0 Å². The van der Waals surface area contributed by atoms with E-state index in [4.69, 9.17) is 4.74 Å². The first-order valence-electron chi connectivity index (χ1n) is 13.4. The molecule has 3 aliphatic rings. The van der Waals surface area contributed by atoms with Crippen molar-refractivity contribution in [2.45, 2.75) is 148 Å². The maximum atomic E-state index is 12.4. The second kappa shape index (κ2) is 12.4. The Balaban J connectivity index is 1.46. The van der Waals surface area contributed by atoms with Crippen molar-refractivity contribution in [3.8, 4) is 0 Å². The molecule has 0 aromatic carbocycles. The van der Waals surface area contributed by atoms with E-state index in [1.165, 1.54) is 109 Å². The van der Waals surface area contributed by atoms with Crippen molar-refractivity contribution < 1.29 is 9.53 Å². The molecule has 0 aliphatic heterocycles. The van der Waals surface area contributed by atoms with Gasteiger partial charge in [0.05, 0.1) is 0 Å². The summed E-state index contributed by atoms with van der Waals surface area (Å²) in [5.74, 6) is 2.00. The average Bonchev–Trinajstić information content (AvgIpc) is 2.76. The van der Waals surface area contributed by atoms with Gasteiger partial charge in [-0.3, -0.25) is 4.79 Å². The zero-order chi connectivity index (χ0) is 20.4. The van der Waals surface area contributed by atoms with Crippen LogP contribution in [0.5, 0.6) is 0 Å². The van der Waals surface area contributed by atoms with Crippen LogP contribution in [-0.4, -0.2) is 12.1 Å². The van der Waals surface area contributed by atoms with Gasteiger partial charge in [0.2, 0.25) is 0 Å². The third-order valence-corrected chi connectivity index (χ3v) is 8.69. The number of carbonyl (C=O) groups is 1. The number of hydrogen-bond donors (Lipinski definition) is 0. The Morgan fingerprint density at radius 2 is 1.48 bits per heavy atom. The number of unbranched alkanes of at least 4 members (excludes halogenated alkanes) is 2. The van der Waals surface area contributed by atoms with E-state index in [9.17, 15) is 4.79 Å². The molecule has 168 valence electrons. The lowest BCUT2D eigenvalue weighted by Crippen LogP contribution is -2.36. The molecule has 0 N–H and O–H groups in total. The van der Waals surface area contributed by atoms with Gasteiger partial charge in [0.15, 0.2) is 0 Å². The average molecular weight is 405 g/mol. The Morgan fingerprint density at radius 3 is 2.14 bits per heavy atom. The molecule has 0 aromatic rings. The van der Waals surface area contributed by atoms with Crippen molar-refractivity contribution in [1.82, 2.24) is 0 Å². The topological polar surface area (TPSA) is 26.3 Å². The van der Waals surface area contributed by atoms with Crippen molar-refractivity contribution in [2.75, 3.05) is 0 Å². The Labute approximate surface area is 180 Å². The van der Waals surface area contributed by atoms with Gasteiger partial charge in [-0.25, -0.2) is 0 Å². The summed E-state index contributed by atoms with van der Waals surface area (Å²) in [7, 11) is 0. The first-order chi connectivity index (χ1) is 14.2. The summed E-state index contributed by atoms with van der Waals surface area (Å²) in [5.41, 5.74) is 0.548. The van der Waals surface area contributed by atoms with Gasteiger partial charge in [0.1, 0.15) is 6.10 Å². The molecule has 3 saturated carbocycles. The third kappa shape index (κ3) is 7.28. The maximum Gasteiger partial charge on any atom is 0.306 e. The molecule has 0 bridgehead atoms. The van der Waals surface area contributed by atoms with Crippen LogP contribution in [0.2, 0.25) is 0 Å². The highest BCUT2D eigenvalue weighted by Crippen LogP contribution is 2.53. The van der Waals surface area contributed by atoms with Crippen LogP contribution in [0.15, 0.2) is 0 Å². The highest BCUT2D eigenvalue weighted by molar-refractivity contribution is 5.69. The molecule has 2 heteroatoms. The predicted octanol–water partition coefficient (Wildman–Crippen LogP) is 8.37. The Kier molecular flexibility index (Phi) is 9.86. The van der Waals surface area contributed by atoms with E-state index in [0.29, 0.717) is 11.8 Å². The van der Waals surface area contributed by atoms with Crippen molar-refractivity contribution in [1.29, 1.82) is 0 Å². The minimum atomic E-state index is 0.0870. The quantitative estimate of drug-likeness (QED) is 0.270. The predicted molar refractivity (Wildman–Crippen MR) is 122 cm³/mol. The third-order valence-electron chi connectivity index (χ3n) is 8.69. The molecule has 0 atom stereocenters. The highest BCUT2D eigenvalue weighted by Gasteiger charge is 2.41. The number of ether oxygens (including phenoxy) is 1. The van der Waals surface area contributed by atoms with Crippen LogP contribution in [0.3, 0.4) is 0 Å². The minimum Gasteiger partial charge on any atom is -0.462 e. The van der Waals surface area contributed by atoms with Gasteiger partial charge >= 0.3 is 5.97 Å². The summed E-state index contributed by atoms with van der Waals surface area (Å²) in [6.07, 6.45) is 27.9. The molecule has 0 heterocycles. The summed E-state index contributed by atoms with van der Waals surface area (Å²) in [6, 6.07) is 0. The Hall–Kier alpha value is -0.530. The van der Waals surface area contributed by atoms with Crippen molar-refractivity contribution in [2.24, 2.45) is 17.3 Å². The molecule has 0 radical (unpaired) electrons. The number of hydrogen-bond acceptors (Lipinski definition) is 2. The zero-order valence-electron chi connectivity index (χ0n) is 19.4. The monoisotopic (exact) mass is 404 g/mol. The first-order valence-corrected chi connectivity index (χ1v) is 13.4. The molecule has 0 saturated heterocycles. The van der Waals surface area contributed by atoms with Gasteiger partial charge in [0, 0.05) is 6.42 Å². The highest BCUT2D eigenvalue weighted by atomic mass is 16.5. The van der Waals surface area contributed by atoms with E-state index in [1.54, 1.807) is 0 Å². The second-order valence-corrected chi connectivity index (χ2v) is 10.7. The lowest BCUT2D eigenvalue weighted by Gasteiger charge is -2.47. The molecule has 3 aliphatic carbocycles. The molecular formula is C27H48O2. The number of esters is 1. The van der Waals surface area contributed by atoms with E-state index in [1.807, 2.05) is 0 Å². The lowest BCUT2D eigenvalue weighted by atomic mass is 9.58. The van der Waals surface area contributed by atoms with Gasteiger partial charge in [-0.1, -0.05) is 58.3 Å². The lowest BCUT2D eigenvalue weighted by molar-refractivity contribution is -0.150. The van der Waals surface area contributed by atoms with Gasteiger partial charge in [-0.05, 0) is 94.3 Å². The second-order valence-electron chi connectivity index (χ2n) is 10.7. The molecule has 2 nitrogen and oxygen atoms in total. The van der Waals surface area contributed by atoms with E-state index < -0.39 is 0 Å². The first kappa shape index (κ1) is 23.1. The fraction of sp³-hybridized carbons (Fsp3) is 0.963. The van der Waals surface area contributed by atoms with E-state index in [-0.39, 0.29) is 12.1 Å². The van der Waals surface area contributed by atoms with E-state index >= 15 is 0 Å². The summed E-state index contributed by atoms with van der Waals surface area (Å²) in [5, 5.41) is 0. The van der Waals surface area contributed by atoms with E-state index in [0.717, 1.165) is 31.1 Å². The van der Waals surface area contributed by atoms with Gasteiger partial charge in [-0.15, -0.1) is 0 Å². The summed E-state index contributed by atoms with van der Waals surface area (Å²) < 4.78 is 5.79. The normalized spacial score (nSPS) is 29.6. The molecule has 0 spiro atoms. The fourth-order valence-electron chi connectivity index (χ4n) is 6.81. The number of rotatable bonds is 10. The fourth-order valence-corrected chi connectivity index (χ4v) is 6.81. The largest absolute Gasteiger partial charge is 0.462 e. The van der Waals surface area contributed by atoms with Crippen LogP contribution >= 0.6 is 0 Å². The molecule has 0 aromatic heterocycles. The van der Waals surface area contributed by atoms with E-state index in [2.05, 4.69) is 6.92 Å². The summed E-state index contributed by atoms with van der Waals surface area (Å²) in [4.78, 5) is 12.4. The van der Waals surface area contributed by atoms with Crippen LogP contribution in [-0.2, 0) is 9.53 Å². The van der Waals surface area contributed by atoms with Gasteiger partial charge in [0.25, 0.3) is 0 Å². The van der Waals surface area contributed by atoms with Crippen LogP contribution in [0.4, 0.5) is 0 Å². The molecule has 3 fully saturated rings. The smallest absolute Gasteiger partial charge is 0.306 e. The van der Waals surface area contributed by atoms with Crippen LogP contribution in [0, 0.1) is 17.3 Å². The molecule has 29 heavy (non-hydrogen) atoms. The Morgan fingerprint density at radius 1 is 0.828 bits per heavy atom. The molecule has 0 unspecified atom stereocenters. The molecule has 3 rings (SSSR count). The summed E-state index contributed by atoms with van der Waals surface area (Å²) in [6.45, 7) is 2.31. The van der Waals surface area contributed by atoms with Gasteiger partial charge < -0.3 is 4.74 Å². The van der Waals surface area contributed by atoms with Crippen molar-refractivity contribution >= 4 is 5.97 Å². The maximum absolute atomic E-state index is 12.4. The zero-order valence-corrected chi connectivity index (χ0v) is 19.4. The Bertz CT molecular complexity index is 451. The van der Waals surface area contributed by atoms with Crippen LogP contribution in [0.1, 0.15) is 142 Å². The van der Waals surface area contributed by atoms with Crippen molar-refractivity contribution in [3.63, 3.8) is 0 Å². The molecular weight excluding hydrogens is 356 g/mol. The van der Waals surface area contributed by atoms with Crippen LogP contribution in [0.25, 0.3) is 0 Å². The SMILES string of the molecule is CCCCC[C@H]1CC[C@@](CCCC(=O)OC2CCCCC2)(C2CCCCC2)CC1.